The van der Waals surface area contributed by atoms with Gasteiger partial charge in [-0.3, -0.25) is 19.2 Å². The average molecular weight is 609 g/mol. The smallest absolute Gasteiger partial charge is 0.394 e. The summed E-state index contributed by atoms with van der Waals surface area (Å²) in [5.74, 6) is -0.320. The summed E-state index contributed by atoms with van der Waals surface area (Å²) in [5, 5.41) is 23.6. The van der Waals surface area contributed by atoms with Crippen LogP contribution >= 0.6 is 23.4 Å². The summed E-state index contributed by atoms with van der Waals surface area (Å²) in [6.45, 7) is 1.87. The molecule has 41 heavy (non-hydrogen) atoms. The van der Waals surface area contributed by atoms with Gasteiger partial charge in [-0.15, -0.1) is 0 Å². The second-order valence-electron chi connectivity index (χ2n) is 10.2. The Morgan fingerprint density at radius 1 is 1.12 bits per heavy atom. The van der Waals surface area contributed by atoms with Gasteiger partial charge in [0.15, 0.2) is 0 Å². The molecule has 2 N–H and O–H groups in total. The van der Waals surface area contributed by atoms with Gasteiger partial charge in [-0.05, 0) is 85.1 Å². The predicted octanol–water partition coefficient (Wildman–Crippen LogP) is 4.86. The van der Waals surface area contributed by atoms with E-state index in [4.69, 9.17) is 16.7 Å². The van der Waals surface area contributed by atoms with Gasteiger partial charge in [-0.2, -0.15) is 18.3 Å². The highest BCUT2D eigenvalue weighted by molar-refractivity contribution is 8.18. The molecule has 2 saturated heterocycles. The largest absolute Gasteiger partial charge is 0.416 e. The Morgan fingerprint density at radius 3 is 2.59 bits per heavy atom. The minimum atomic E-state index is -4.56. The van der Waals surface area contributed by atoms with Crippen LogP contribution in [-0.2, 0) is 17.5 Å². The number of carbonyl (C=O) groups excluding carboxylic acids is 2. The van der Waals surface area contributed by atoms with Crippen LogP contribution in [0, 0.1) is 5.92 Å². The first-order valence-electron chi connectivity index (χ1n) is 13.1. The van der Waals surface area contributed by atoms with Gasteiger partial charge in [0.25, 0.3) is 11.1 Å². The Morgan fingerprint density at radius 2 is 1.88 bits per heavy atom. The molecule has 0 aliphatic carbocycles. The number of thioether (sulfide) groups is 1. The normalized spacial score (nSPS) is 19.2. The van der Waals surface area contributed by atoms with Crippen LogP contribution in [0.5, 0.6) is 0 Å². The third-order valence-electron chi connectivity index (χ3n) is 7.54. The van der Waals surface area contributed by atoms with Crippen LogP contribution < -0.4 is 0 Å². The number of halogens is 4. The van der Waals surface area contributed by atoms with Crippen LogP contribution in [0.15, 0.2) is 47.5 Å². The molecule has 0 bridgehead atoms. The van der Waals surface area contributed by atoms with Crippen molar-refractivity contribution in [2.75, 3.05) is 32.8 Å². The third kappa shape index (κ3) is 6.62. The van der Waals surface area contributed by atoms with Crippen LogP contribution in [0.25, 0.3) is 17.0 Å². The first-order chi connectivity index (χ1) is 19.5. The van der Waals surface area contributed by atoms with Gasteiger partial charge < -0.3 is 15.1 Å². The number of hydrogen-bond acceptors (Lipinski definition) is 7. The molecule has 1 aromatic heterocycles. The standard InChI is InChI=1S/C28H28ClF3N4O4S/c29-21-3-2-19(22(13-21)28(30,31)32)15-36-23-4-1-17(11-20(23)14-33-36)12-25-26(39)35(27(40)41-25)10-9-34-7-5-18(6-8-34)24(38)16-37/h1-4,11-14,18,24,37-38H,5-10,15-16H2. The first-order valence-corrected chi connectivity index (χ1v) is 14.3. The molecule has 3 heterocycles. The highest BCUT2D eigenvalue weighted by Crippen LogP contribution is 2.35. The first kappa shape index (κ1) is 29.6. The van der Waals surface area contributed by atoms with Crippen molar-refractivity contribution >= 4 is 51.5 Å². The van der Waals surface area contributed by atoms with Gasteiger partial charge in [0.2, 0.25) is 0 Å². The molecule has 1 unspecified atom stereocenters. The average Bonchev–Trinajstić information content (AvgIpc) is 3.46. The maximum Gasteiger partial charge on any atom is 0.416 e. The number of piperidine rings is 1. The van der Waals surface area contributed by atoms with E-state index >= 15 is 0 Å². The number of likely N-dealkylation sites (tertiary alicyclic amines) is 1. The van der Waals surface area contributed by atoms with Crippen molar-refractivity contribution < 1.29 is 33.0 Å². The van der Waals surface area contributed by atoms with E-state index < -0.39 is 17.8 Å². The Bertz CT molecular complexity index is 1490. The summed E-state index contributed by atoms with van der Waals surface area (Å²) < 4.78 is 42.1. The van der Waals surface area contributed by atoms with Crippen LogP contribution in [0.3, 0.4) is 0 Å². The van der Waals surface area contributed by atoms with Crippen molar-refractivity contribution in [2.45, 2.75) is 31.7 Å². The van der Waals surface area contributed by atoms with Gasteiger partial charge in [-0.1, -0.05) is 23.7 Å². The van der Waals surface area contributed by atoms with E-state index in [0.717, 1.165) is 43.8 Å². The zero-order chi connectivity index (χ0) is 29.3. The van der Waals surface area contributed by atoms with E-state index in [-0.39, 0.29) is 47.3 Å². The predicted molar refractivity (Wildman–Crippen MR) is 150 cm³/mol. The van der Waals surface area contributed by atoms with E-state index in [2.05, 4.69) is 10.00 Å². The molecule has 8 nitrogen and oxygen atoms in total. The molecule has 0 saturated carbocycles. The number of carbonyl (C=O) groups is 2. The lowest BCUT2D eigenvalue weighted by Crippen LogP contribution is -2.43. The fourth-order valence-corrected chi connectivity index (χ4v) is 6.27. The van der Waals surface area contributed by atoms with Crippen LogP contribution in [0.2, 0.25) is 5.02 Å². The molecular formula is C28H28ClF3N4O4S. The molecule has 3 aromatic rings. The quantitative estimate of drug-likeness (QED) is 0.353. The number of fused-ring (bicyclic) bond motifs is 1. The minimum absolute atomic E-state index is 0.0000660. The summed E-state index contributed by atoms with van der Waals surface area (Å²) in [6.07, 6.45) is -0.617. The van der Waals surface area contributed by atoms with E-state index in [1.807, 2.05) is 0 Å². The molecule has 13 heteroatoms. The van der Waals surface area contributed by atoms with Crippen molar-refractivity contribution in [3.05, 3.63) is 69.2 Å². The number of rotatable bonds is 8. The molecule has 0 radical (unpaired) electrons. The second-order valence-corrected chi connectivity index (χ2v) is 11.6. The van der Waals surface area contributed by atoms with Crippen molar-refractivity contribution in [2.24, 2.45) is 5.92 Å². The van der Waals surface area contributed by atoms with Gasteiger partial charge in [0.1, 0.15) is 0 Å². The number of imide groups is 1. The summed E-state index contributed by atoms with van der Waals surface area (Å²) in [6, 6.07) is 8.87. The van der Waals surface area contributed by atoms with Crippen LogP contribution in [0.4, 0.5) is 18.0 Å². The fraction of sp³-hybridized carbons (Fsp3) is 0.393. The third-order valence-corrected chi connectivity index (χ3v) is 8.68. The van der Waals surface area contributed by atoms with Gasteiger partial charge in [0.05, 0.1) is 41.4 Å². The highest BCUT2D eigenvalue weighted by atomic mass is 35.5. The molecule has 5 rings (SSSR count). The highest BCUT2D eigenvalue weighted by Gasteiger charge is 2.36. The number of hydrogen-bond donors (Lipinski definition) is 2. The van der Waals surface area contributed by atoms with E-state index in [9.17, 15) is 27.9 Å². The summed E-state index contributed by atoms with van der Waals surface area (Å²) in [5.41, 5.74) is 0.505. The molecular weight excluding hydrogens is 581 g/mol. The molecule has 2 amide bonds. The van der Waals surface area contributed by atoms with Gasteiger partial charge in [-0.25, -0.2) is 0 Å². The molecule has 1 atom stereocenters. The second kappa shape index (κ2) is 12.1. The van der Waals surface area contributed by atoms with Crippen molar-refractivity contribution in [3.63, 3.8) is 0 Å². The van der Waals surface area contributed by atoms with Crippen molar-refractivity contribution in [1.82, 2.24) is 19.6 Å². The molecule has 2 fully saturated rings. The summed E-state index contributed by atoms with van der Waals surface area (Å²) in [7, 11) is 0. The molecule has 0 spiro atoms. The molecule has 218 valence electrons. The molecule has 2 aliphatic heterocycles. The van der Waals surface area contributed by atoms with E-state index in [1.165, 1.54) is 21.7 Å². The number of amides is 2. The SMILES string of the molecule is O=C1SC(=Cc2ccc3c(cnn3Cc3ccc(Cl)cc3C(F)(F)F)c2)C(=O)N1CCN1CCC(C(O)CO)CC1. The zero-order valence-corrected chi connectivity index (χ0v) is 23.4. The van der Waals surface area contributed by atoms with E-state index in [1.54, 1.807) is 30.5 Å². The zero-order valence-electron chi connectivity index (χ0n) is 21.9. The lowest BCUT2D eigenvalue weighted by atomic mass is 9.91. The van der Waals surface area contributed by atoms with Gasteiger partial charge >= 0.3 is 6.18 Å². The molecule has 2 aliphatic rings. The lowest BCUT2D eigenvalue weighted by Gasteiger charge is -2.34. The number of benzene rings is 2. The lowest BCUT2D eigenvalue weighted by molar-refractivity contribution is -0.138. The minimum Gasteiger partial charge on any atom is -0.394 e. The number of nitrogens with zero attached hydrogens (tertiary/aromatic N) is 4. The maximum absolute atomic E-state index is 13.5. The summed E-state index contributed by atoms with van der Waals surface area (Å²) >= 11 is 6.66. The number of alkyl halides is 3. The Kier molecular flexibility index (Phi) is 8.76. The monoisotopic (exact) mass is 608 g/mol. The Hall–Kier alpha value is -2.90. The number of aliphatic hydroxyl groups is 2. The number of aliphatic hydroxyl groups excluding tert-OH is 2. The topological polar surface area (TPSA) is 98.9 Å². The summed E-state index contributed by atoms with van der Waals surface area (Å²) in [4.78, 5) is 29.3. The van der Waals surface area contributed by atoms with Crippen molar-refractivity contribution in [3.8, 4) is 0 Å². The number of aromatic nitrogens is 2. The maximum atomic E-state index is 13.5. The van der Waals surface area contributed by atoms with Crippen LogP contribution in [0.1, 0.15) is 29.5 Å². The van der Waals surface area contributed by atoms with Gasteiger partial charge in [0, 0.05) is 23.5 Å². The van der Waals surface area contributed by atoms with Crippen LogP contribution in [-0.4, -0.2) is 79.8 Å². The Labute approximate surface area is 243 Å². The van der Waals surface area contributed by atoms with Crippen molar-refractivity contribution in [1.29, 1.82) is 0 Å². The molecule has 2 aromatic carbocycles. The Balaban J connectivity index is 1.25. The van der Waals surface area contributed by atoms with E-state index in [0.29, 0.717) is 27.9 Å². The fourth-order valence-electron chi connectivity index (χ4n) is 5.23.